The molecular weight excluding hydrogens is 216 g/mol. The van der Waals surface area contributed by atoms with Crippen LogP contribution in [-0.4, -0.2) is 29.8 Å². The van der Waals surface area contributed by atoms with E-state index in [9.17, 15) is 0 Å². The topological polar surface area (TPSA) is 61.4 Å². The fourth-order valence-corrected chi connectivity index (χ4v) is 1.33. The summed E-state index contributed by atoms with van der Waals surface area (Å²) in [6.07, 6.45) is 1.80. The van der Waals surface area contributed by atoms with Gasteiger partial charge in [0.25, 0.3) is 0 Å². The van der Waals surface area contributed by atoms with Gasteiger partial charge in [0.05, 0.1) is 17.8 Å². The summed E-state index contributed by atoms with van der Waals surface area (Å²) in [4.78, 5) is 0. The highest BCUT2D eigenvalue weighted by atomic mass is 35.5. The Hall–Kier alpha value is -1.43. The minimum Gasteiger partial charge on any atom is -0.317 e. The van der Waals surface area contributed by atoms with Crippen LogP contribution < -0.4 is 0 Å². The number of hydrogen-bond acceptors (Lipinski definition) is 4. The van der Waals surface area contributed by atoms with E-state index in [1.54, 1.807) is 10.9 Å². The van der Waals surface area contributed by atoms with Gasteiger partial charge in [-0.15, -0.1) is 26.9 Å². The molecule has 15 heavy (non-hydrogen) atoms. The number of rotatable bonds is 3. The zero-order valence-electron chi connectivity index (χ0n) is 8.55. The van der Waals surface area contributed by atoms with Crippen LogP contribution in [-0.2, 0) is 19.5 Å². The van der Waals surface area contributed by atoms with Crippen LogP contribution >= 0.6 is 11.6 Å². The van der Waals surface area contributed by atoms with Crippen LogP contribution in [0, 0.1) is 6.92 Å². The third-order valence-corrected chi connectivity index (χ3v) is 2.48. The van der Waals surface area contributed by atoms with Crippen LogP contribution in [0.25, 0.3) is 0 Å². The second-order valence-electron chi connectivity index (χ2n) is 3.26. The lowest BCUT2D eigenvalue weighted by Crippen LogP contribution is -2.07. The summed E-state index contributed by atoms with van der Waals surface area (Å²) in [7, 11) is 1.92. The van der Waals surface area contributed by atoms with E-state index in [0.29, 0.717) is 12.4 Å². The van der Waals surface area contributed by atoms with Crippen molar-refractivity contribution >= 4 is 11.6 Å². The van der Waals surface area contributed by atoms with Gasteiger partial charge in [-0.1, -0.05) is 5.21 Å². The van der Waals surface area contributed by atoms with Gasteiger partial charge in [0, 0.05) is 7.05 Å². The van der Waals surface area contributed by atoms with Crippen molar-refractivity contribution in [1.82, 2.24) is 29.8 Å². The molecule has 0 aromatic carbocycles. The molecule has 0 bridgehead atoms. The number of hydrogen-bond donors (Lipinski definition) is 0. The van der Waals surface area contributed by atoms with Crippen molar-refractivity contribution in [3.05, 3.63) is 23.5 Å². The summed E-state index contributed by atoms with van der Waals surface area (Å²) < 4.78 is 3.61. The Kier molecular flexibility index (Phi) is 2.68. The number of aromatic nitrogens is 6. The molecule has 2 heterocycles. The first kappa shape index (κ1) is 10.1. The second kappa shape index (κ2) is 3.98. The van der Waals surface area contributed by atoms with Crippen molar-refractivity contribution in [3.63, 3.8) is 0 Å². The highest BCUT2D eigenvalue weighted by molar-refractivity contribution is 6.16. The Bertz CT molecular complexity index is 459. The Balaban J connectivity index is 2.18. The lowest BCUT2D eigenvalue weighted by Gasteiger charge is -2.00. The van der Waals surface area contributed by atoms with Crippen molar-refractivity contribution in [2.24, 2.45) is 7.05 Å². The Morgan fingerprint density at radius 3 is 2.67 bits per heavy atom. The molecule has 0 atom stereocenters. The molecule has 0 N–H and O–H groups in total. The molecule has 0 aliphatic carbocycles. The molecule has 0 saturated heterocycles. The van der Waals surface area contributed by atoms with Gasteiger partial charge in [0.1, 0.15) is 12.4 Å². The molecule has 0 aliphatic heterocycles. The third kappa shape index (κ3) is 1.99. The molecule has 0 fully saturated rings. The van der Waals surface area contributed by atoms with Crippen LogP contribution in [0.3, 0.4) is 0 Å². The molecule has 0 radical (unpaired) electrons. The first-order valence-electron chi connectivity index (χ1n) is 4.50. The molecule has 0 unspecified atom stereocenters. The largest absolute Gasteiger partial charge is 0.317 e. The zero-order valence-corrected chi connectivity index (χ0v) is 9.31. The molecule has 6 nitrogen and oxygen atoms in total. The summed E-state index contributed by atoms with van der Waals surface area (Å²) in [5, 5.41) is 15.8. The van der Waals surface area contributed by atoms with Crippen molar-refractivity contribution in [1.29, 1.82) is 0 Å². The van der Waals surface area contributed by atoms with Crippen LogP contribution in [0.15, 0.2) is 6.20 Å². The van der Waals surface area contributed by atoms with E-state index in [1.165, 1.54) is 0 Å². The van der Waals surface area contributed by atoms with E-state index >= 15 is 0 Å². The highest BCUT2D eigenvalue weighted by Gasteiger charge is 2.06. The SMILES string of the molecule is Cc1nnc(Cn2cc(CCl)nn2)n1C. The van der Waals surface area contributed by atoms with Gasteiger partial charge in [0.15, 0.2) is 5.82 Å². The Morgan fingerprint density at radius 1 is 1.33 bits per heavy atom. The third-order valence-electron chi connectivity index (χ3n) is 2.21. The van der Waals surface area contributed by atoms with Gasteiger partial charge in [-0.2, -0.15) is 0 Å². The van der Waals surface area contributed by atoms with Crippen LogP contribution in [0.1, 0.15) is 17.3 Å². The average Bonchev–Trinajstić information content (AvgIpc) is 2.80. The summed E-state index contributed by atoms with van der Waals surface area (Å²) in [5.41, 5.74) is 0.760. The van der Waals surface area contributed by atoms with E-state index < -0.39 is 0 Å². The smallest absolute Gasteiger partial charge is 0.154 e. The predicted octanol–water partition coefficient (Wildman–Crippen LogP) is 0.502. The predicted molar refractivity (Wildman–Crippen MR) is 54.4 cm³/mol. The van der Waals surface area contributed by atoms with Crippen molar-refractivity contribution in [2.45, 2.75) is 19.3 Å². The Morgan fingerprint density at radius 2 is 2.13 bits per heavy atom. The number of halogens is 1. The first-order chi connectivity index (χ1) is 7.20. The molecule has 0 amide bonds. The van der Waals surface area contributed by atoms with E-state index in [2.05, 4.69) is 20.5 Å². The van der Waals surface area contributed by atoms with Crippen LogP contribution in [0.5, 0.6) is 0 Å². The molecule has 2 rings (SSSR count). The van der Waals surface area contributed by atoms with Gasteiger partial charge in [-0.3, -0.25) is 0 Å². The number of aryl methyl sites for hydroxylation is 1. The monoisotopic (exact) mass is 226 g/mol. The molecule has 0 spiro atoms. The minimum atomic E-state index is 0.373. The van der Waals surface area contributed by atoms with E-state index in [4.69, 9.17) is 11.6 Å². The fraction of sp³-hybridized carbons (Fsp3) is 0.500. The minimum absolute atomic E-state index is 0.373. The number of nitrogens with zero attached hydrogens (tertiary/aromatic N) is 6. The lowest BCUT2D eigenvalue weighted by atomic mass is 10.5. The molecule has 2 aromatic heterocycles. The molecule has 0 saturated carbocycles. The van der Waals surface area contributed by atoms with Crippen molar-refractivity contribution < 1.29 is 0 Å². The van der Waals surface area contributed by atoms with Gasteiger partial charge in [-0.25, -0.2) is 4.68 Å². The maximum atomic E-state index is 5.63. The first-order valence-corrected chi connectivity index (χ1v) is 5.04. The summed E-state index contributed by atoms with van der Waals surface area (Å²) in [6, 6.07) is 0. The summed E-state index contributed by atoms with van der Waals surface area (Å²) in [6.45, 7) is 2.46. The second-order valence-corrected chi connectivity index (χ2v) is 3.53. The van der Waals surface area contributed by atoms with Crippen molar-refractivity contribution in [3.8, 4) is 0 Å². The zero-order chi connectivity index (χ0) is 10.8. The van der Waals surface area contributed by atoms with E-state index in [1.807, 2.05) is 18.5 Å². The average molecular weight is 227 g/mol. The molecule has 0 aliphatic rings. The molecule has 2 aromatic rings. The fourth-order valence-electron chi connectivity index (χ4n) is 1.21. The normalized spacial score (nSPS) is 10.9. The van der Waals surface area contributed by atoms with E-state index in [-0.39, 0.29) is 0 Å². The maximum absolute atomic E-state index is 5.63. The van der Waals surface area contributed by atoms with Crippen LogP contribution in [0.2, 0.25) is 0 Å². The maximum Gasteiger partial charge on any atom is 0.154 e. The standard InChI is InChI=1S/C8H11ClN6/c1-6-10-12-8(14(6)2)5-15-4-7(3-9)11-13-15/h4H,3,5H2,1-2H3. The van der Waals surface area contributed by atoms with Gasteiger partial charge < -0.3 is 4.57 Å². The summed E-state index contributed by atoms with van der Waals surface area (Å²) in [5.74, 6) is 2.10. The quantitative estimate of drug-likeness (QED) is 0.716. The van der Waals surface area contributed by atoms with E-state index in [0.717, 1.165) is 17.3 Å². The van der Waals surface area contributed by atoms with Gasteiger partial charge >= 0.3 is 0 Å². The lowest BCUT2D eigenvalue weighted by molar-refractivity contribution is 0.603. The summed E-state index contributed by atoms with van der Waals surface area (Å²) >= 11 is 5.63. The van der Waals surface area contributed by atoms with Gasteiger partial charge in [-0.05, 0) is 6.92 Å². The van der Waals surface area contributed by atoms with Gasteiger partial charge in [0.2, 0.25) is 0 Å². The molecular formula is C8H11ClN6. The van der Waals surface area contributed by atoms with Crippen molar-refractivity contribution in [2.75, 3.05) is 0 Å². The Labute approximate surface area is 91.9 Å². The number of alkyl halides is 1. The molecule has 80 valence electrons. The van der Waals surface area contributed by atoms with Crippen LogP contribution in [0.4, 0.5) is 0 Å². The molecule has 7 heteroatoms. The highest BCUT2D eigenvalue weighted by Crippen LogP contribution is 2.02.